The second-order valence-corrected chi connectivity index (χ2v) is 6.76. The molecule has 2 aliphatic rings. The lowest BCUT2D eigenvalue weighted by atomic mass is 9.76. The Morgan fingerprint density at radius 2 is 1.59 bits per heavy atom. The molecule has 0 aromatic heterocycles. The zero-order valence-corrected chi connectivity index (χ0v) is 13.9. The quantitative estimate of drug-likeness (QED) is 0.616. The number of hydrogen-bond donors (Lipinski definition) is 0. The van der Waals surface area contributed by atoms with E-state index in [9.17, 15) is 4.79 Å². The number of nitrogens with zero attached hydrogens (tertiary/aromatic N) is 1. The van der Waals surface area contributed by atoms with Crippen molar-refractivity contribution in [1.29, 1.82) is 0 Å². The Hall–Kier alpha value is -1.60. The van der Waals surface area contributed by atoms with Gasteiger partial charge in [0, 0.05) is 5.56 Å². The largest absolute Gasteiger partial charge is 0.496 e. The molecule has 0 N–H and O–H groups in total. The van der Waals surface area contributed by atoms with Crippen LogP contribution < -0.4 is 4.74 Å². The fourth-order valence-corrected chi connectivity index (χ4v) is 4.66. The van der Waals surface area contributed by atoms with Crippen LogP contribution in [-0.4, -0.2) is 13.2 Å². The summed E-state index contributed by atoms with van der Waals surface area (Å²) in [5, 5.41) is 0. The number of carbonyl (C=O) groups excluding carboxylic acids is 1. The third kappa shape index (κ3) is 2.19. The molecule has 1 fully saturated rings. The summed E-state index contributed by atoms with van der Waals surface area (Å²) in [6.45, 7) is 4.36. The number of ether oxygens (including phenoxy) is 1. The van der Waals surface area contributed by atoms with Gasteiger partial charge in [-0.1, -0.05) is 12.8 Å². The minimum absolute atomic E-state index is 0.408. The van der Waals surface area contributed by atoms with E-state index in [4.69, 9.17) is 4.74 Å². The van der Waals surface area contributed by atoms with Gasteiger partial charge in [0.2, 0.25) is 6.08 Å². The van der Waals surface area contributed by atoms with Crippen molar-refractivity contribution >= 4 is 6.08 Å². The summed E-state index contributed by atoms with van der Waals surface area (Å²) in [6.07, 6.45) is 10.7. The average Bonchev–Trinajstić information content (AvgIpc) is 3.00. The number of fused-ring (bicyclic) bond motifs is 1. The lowest BCUT2D eigenvalue weighted by molar-refractivity contribution is 0.373. The maximum absolute atomic E-state index is 11.1. The molecule has 3 nitrogen and oxygen atoms in total. The summed E-state index contributed by atoms with van der Waals surface area (Å²) in [5.41, 5.74) is 6.26. The SMILES string of the molecule is COc1c(C)c2c(c(C)c1C1(N=C=O)CCCC1)CCCC2. The van der Waals surface area contributed by atoms with E-state index in [0.29, 0.717) is 0 Å². The lowest BCUT2D eigenvalue weighted by Gasteiger charge is -2.32. The van der Waals surface area contributed by atoms with Crippen molar-refractivity contribution in [3.63, 3.8) is 0 Å². The van der Waals surface area contributed by atoms with E-state index >= 15 is 0 Å². The second kappa shape index (κ2) is 5.89. The number of rotatable bonds is 3. The Morgan fingerprint density at radius 3 is 2.14 bits per heavy atom. The molecule has 0 heterocycles. The standard InChI is InChI=1S/C19H25NO2/c1-13-15-8-4-5-9-16(15)14(2)18(22-3)17(13)19(20-12-21)10-6-7-11-19/h4-11H2,1-3H3. The fraction of sp³-hybridized carbons (Fsp3) is 0.632. The van der Waals surface area contributed by atoms with Gasteiger partial charge in [-0.15, -0.1) is 0 Å². The highest BCUT2D eigenvalue weighted by Gasteiger charge is 2.41. The average molecular weight is 299 g/mol. The normalized spacial score (nSPS) is 19.4. The Bertz CT molecular complexity index is 636. The van der Waals surface area contributed by atoms with Gasteiger partial charge in [0.05, 0.1) is 7.11 Å². The predicted molar refractivity (Wildman–Crippen MR) is 87.4 cm³/mol. The van der Waals surface area contributed by atoms with Gasteiger partial charge < -0.3 is 4.74 Å². The van der Waals surface area contributed by atoms with Crippen molar-refractivity contribution in [1.82, 2.24) is 0 Å². The molecule has 1 saturated carbocycles. The third-order valence-electron chi connectivity index (χ3n) is 5.68. The molecular weight excluding hydrogens is 274 g/mol. The maximum Gasteiger partial charge on any atom is 0.235 e. The number of aliphatic imine (C=N–C) groups is 1. The minimum atomic E-state index is -0.408. The molecule has 0 saturated heterocycles. The van der Waals surface area contributed by atoms with Crippen molar-refractivity contribution in [2.45, 2.75) is 70.8 Å². The van der Waals surface area contributed by atoms with Gasteiger partial charge in [0.1, 0.15) is 11.3 Å². The van der Waals surface area contributed by atoms with Gasteiger partial charge in [0.25, 0.3) is 0 Å². The van der Waals surface area contributed by atoms with Crippen LogP contribution in [0.5, 0.6) is 5.75 Å². The number of hydrogen-bond acceptors (Lipinski definition) is 3. The second-order valence-electron chi connectivity index (χ2n) is 6.76. The van der Waals surface area contributed by atoms with E-state index in [1.54, 1.807) is 7.11 Å². The van der Waals surface area contributed by atoms with Crippen LogP contribution in [0.4, 0.5) is 0 Å². The summed E-state index contributed by atoms with van der Waals surface area (Å²) in [5.74, 6) is 0.957. The highest BCUT2D eigenvalue weighted by Crippen LogP contribution is 2.50. The molecule has 0 aliphatic heterocycles. The van der Waals surface area contributed by atoms with Crippen LogP contribution in [0, 0.1) is 13.8 Å². The zero-order chi connectivity index (χ0) is 15.7. The number of isocyanates is 1. The smallest absolute Gasteiger partial charge is 0.235 e. The molecule has 3 heteroatoms. The van der Waals surface area contributed by atoms with E-state index in [-0.39, 0.29) is 0 Å². The van der Waals surface area contributed by atoms with Gasteiger partial charge >= 0.3 is 0 Å². The monoisotopic (exact) mass is 299 g/mol. The minimum Gasteiger partial charge on any atom is -0.496 e. The van der Waals surface area contributed by atoms with E-state index in [1.165, 1.54) is 35.1 Å². The highest BCUT2D eigenvalue weighted by atomic mass is 16.5. The molecule has 22 heavy (non-hydrogen) atoms. The van der Waals surface area contributed by atoms with Crippen LogP contribution in [-0.2, 0) is 23.2 Å². The van der Waals surface area contributed by atoms with Crippen molar-refractivity contribution in [3.05, 3.63) is 27.8 Å². The van der Waals surface area contributed by atoms with Crippen molar-refractivity contribution in [2.24, 2.45) is 4.99 Å². The zero-order valence-electron chi connectivity index (χ0n) is 13.9. The van der Waals surface area contributed by atoms with Crippen LogP contribution >= 0.6 is 0 Å². The molecule has 1 aromatic carbocycles. The molecule has 2 aliphatic carbocycles. The molecule has 1 aromatic rings. The Kier molecular flexibility index (Phi) is 4.10. The van der Waals surface area contributed by atoms with Crippen LogP contribution in [0.3, 0.4) is 0 Å². The molecule has 118 valence electrons. The van der Waals surface area contributed by atoms with Gasteiger partial charge in [0.15, 0.2) is 0 Å². The molecule has 0 atom stereocenters. The van der Waals surface area contributed by atoms with E-state index in [1.807, 2.05) is 6.08 Å². The number of methoxy groups -OCH3 is 1. The first-order chi connectivity index (χ1) is 10.6. The Morgan fingerprint density at radius 1 is 1.00 bits per heavy atom. The third-order valence-corrected chi connectivity index (χ3v) is 5.68. The molecule has 0 amide bonds. The van der Waals surface area contributed by atoms with Gasteiger partial charge in [-0.3, -0.25) is 0 Å². The molecule has 3 rings (SSSR count). The van der Waals surface area contributed by atoms with Crippen LogP contribution in [0.1, 0.15) is 66.3 Å². The summed E-state index contributed by atoms with van der Waals surface area (Å²) < 4.78 is 5.82. The molecular formula is C19H25NO2. The van der Waals surface area contributed by atoms with E-state index < -0.39 is 5.54 Å². The first kappa shape index (κ1) is 15.3. The van der Waals surface area contributed by atoms with Gasteiger partial charge in [-0.25, -0.2) is 4.79 Å². The number of benzene rings is 1. The first-order valence-corrected chi connectivity index (χ1v) is 8.43. The topological polar surface area (TPSA) is 38.7 Å². The Balaban J connectivity index is 2.30. The van der Waals surface area contributed by atoms with Gasteiger partial charge in [-0.05, 0) is 74.6 Å². The maximum atomic E-state index is 11.1. The fourth-order valence-electron chi connectivity index (χ4n) is 4.66. The summed E-state index contributed by atoms with van der Waals surface area (Å²) >= 11 is 0. The van der Waals surface area contributed by atoms with E-state index in [0.717, 1.165) is 49.8 Å². The van der Waals surface area contributed by atoms with Crippen molar-refractivity contribution in [3.8, 4) is 5.75 Å². The van der Waals surface area contributed by atoms with Crippen molar-refractivity contribution < 1.29 is 9.53 Å². The van der Waals surface area contributed by atoms with E-state index in [2.05, 4.69) is 18.8 Å². The van der Waals surface area contributed by atoms with Crippen molar-refractivity contribution in [2.75, 3.05) is 7.11 Å². The summed E-state index contributed by atoms with van der Waals surface area (Å²) in [6, 6.07) is 0. The molecule has 0 spiro atoms. The summed E-state index contributed by atoms with van der Waals surface area (Å²) in [7, 11) is 1.74. The van der Waals surface area contributed by atoms with Crippen LogP contribution in [0.15, 0.2) is 4.99 Å². The predicted octanol–water partition coefficient (Wildman–Crippen LogP) is 4.30. The van der Waals surface area contributed by atoms with Gasteiger partial charge in [-0.2, -0.15) is 4.99 Å². The highest BCUT2D eigenvalue weighted by molar-refractivity contribution is 5.59. The molecule has 0 unspecified atom stereocenters. The lowest BCUT2D eigenvalue weighted by Crippen LogP contribution is -2.24. The van der Waals surface area contributed by atoms with Crippen LogP contribution in [0.2, 0.25) is 0 Å². The Labute approximate surface area is 132 Å². The molecule has 0 radical (unpaired) electrons. The first-order valence-electron chi connectivity index (χ1n) is 8.43. The molecule has 0 bridgehead atoms. The summed E-state index contributed by atoms with van der Waals surface area (Å²) in [4.78, 5) is 15.4. The van der Waals surface area contributed by atoms with Crippen LogP contribution in [0.25, 0.3) is 0 Å².